The van der Waals surface area contributed by atoms with Gasteiger partial charge >= 0.3 is 0 Å². The Morgan fingerprint density at radius 2 is 2.35 bits per heavy atom. The van der Waals surface area contributed by atoms with E-state index in [0.717, 1.165) is 5.69 Å². The van der Waals surface area contributed by atoms with Crippen molar-refractivity contribution < 1.29 is 9.59 Å². The number of aromatic nitrogens is 1. The molecule has 2 rings (SSSR count). The summed E-state index contributed by atoms with van der Waals surface area (Å²) in [5.74, 6) is 5.12. The first-order valence-electron chi connectivity index (χ1n) is 5.15. The van der Waals surface area contributed by atoms with Gasteiger partial charge in [0.2, 0.25) is 11.8 Å². The second-order valence-corrected chi connectivity index (χ2v) is 3.76. The van der Waals surface area contributed by atoms with Crippen LogP contribution in [0.4, 0.5) is 11.5 Å². The Balaban J connectivity index is 2.30. The summed E-state index contributed by atoms with van der Waals surface area (Å²) in [6.45, 7) is 1.87. The van der Waals surface area contributed by atoms with Gasteiger partial charge in [0.05, 0.1) is 6.54 Å². The van der Waals surface area contributed by atoms with Gasteiger partial charge in [0, 0.05) is 18.0 Å². The zero-order chi connectivity index (χ0) is 12.4. The van der Waals surface area contributed by atoms with Gasteiger partial charge < -0.3 is 10.3 Å². The Bertz CT molecular complexity index is 462. The third kappa shape index (κ3) is 2.18. The van der Waals surface area contributed by atoms with E-state index in [-0.39, 0.29) is 18.4 Å². The number of imide groups is 1. The van der Waals surface area contributed by atoms with Gasteiger partial charge in [0.15, 0.2) is 0 Å². The Hall–Kier alpha value is -2.15. The van der Waals surface area contributed by atoms with E-state index in [2.05, 4.69) is 15.7 Å². The van der Waals surface area contributed by atoms with Crippen LogP contribution in [0.2, 0.25) is 0 Å². The average Bonchev–Trinajstić information content (AvgIpc) is 2.34. The molecule has 1 aliphatic heterocycles. The summed E-state index contributed by atoms with van der Waals surface area (Å²) in [7, 11) is 0. The highest BCUT2D eigenvalue weighted by molar-refractivity contribution is 6.04. The molecule has 1 fully saturated rings. The minimum absolute atomic E-state index is 0.140. The molecule has 1 atom stereocenters. The van der Waals surface area contributed by atoms with Gasteiger partial charge in [-0.05, 0) is 13.0 Å². The van der Waals surface area contributed by atoms with Crippen LogP contribution < -0.4 is 21.5 Å². The molecule has 0 aromatic carbocycles. The predicted octanol–water partition coefficient (Wildman–Crippen LogP) is -0.781. The van der Waals surface area contributed by atoms with Crippen molar-refractivity contribution in [1.82, 2.24) is 10.3 Å². The Kier molecular flexibility index (Phi) is 2.92. The number of hydrogen-bond donors (Lipinski definition) is 3. The van der Waals surface area contributed by atoms with Crippen molar-refractivity contribution in [1.29, 1.82) is 0 Å². The van der Waals surface area contributed by atoms with E-state index < -0.39 is 6.04 Å². The minimum atomic E-state index is -0.402. The highest BCUT2D eigenvalue weighted by Crippen LogP contribution is 2.20. The zero-order valence-corrected chi connectivity index (χ0v) is 9.30. The van der Waals surface area contributed by atoms with Gasteiger partial charge in [-0.1, -0.05) is 0 Å². The summed E-state index contributed by atoms with van der Waals surface area (Å²) in [5.41, 5.74) is 3.15. The number of carbonyl (C=O) groups is 2. The molecule has 1 saturated heterocycles. The van der Waals surface area contributed by atoms with E-state index in [1.807, 2.05) is 0 Å². The monoisotopic (exact) mass is 235 g/mol. The van der Waals surface area contributed by atoms with Crippen LogP contribution in [0.1, 0.15) is 6.92 Å². The van der Waals surface area contributed by atoms with Crippen molar-refractivity contribution in [2.45, 2.75) is 13.0 Å². The highest BCUT2D eigenvalue weighted by Gasteiger charge is 2.30. The van der Waals surface area contributed by atoms with Gasteiger partial charge in [-0.3, -0.25) is 14.9 Å². The highest BCUT2D eigenvalue weighted by atomic mass is 16.2. The number of nitrogens with zero attached hydrogens (tertiary/aromatic N) is 2. The maximum atomic E-state index is 11.5. The summed E-state index contributed by atoms with van der Waals surface area (Å²) >= 11 is 0. The lowest BCUT2D eigenvalue weighted by molar-refractivity contribution is -0.132. The number of piperazine rings is 1. The van der Waals surface area contributed by atoms with Crippen molar-refractivity contribution in [2.75, 3.05) is 16.9 Å². The molecule has 7 heteroatoms. The molecule has 1 aromatic heterocycles. The number of amides is 2. The molecule has 1 unspecified atom stereocenters. The number of hydrogen-bond acceptors (Lipinski definition) is 6. The fourth-order valence-corrected chi connectivity index (χ4v) is 1.71. The molecule has 2 amide bonds. The quantitative estimate of drug-likeness (QED) is 0.353. The van der Waals surface area contributed by atoms with E-state index in [4.69, 9.17) is 5.84 Å². The fraction of sp³-hybridized carbons (Fsp3) is 0.300. The summed E-state index contributed by atoms with van der Waals surface area (Å²) < 4.78 is 0. The van der Waals surface area contributed by atoms with Gasteiger partial charge in [0.25, 0.3) is 0 Å². The van der Waals surface area contributed by atoms with E-state index in [1.165, 1.54) is 0 Å². The van der Waals surface area contributed by atoms with E-state index in [1.54, 1.807) is 30.2 Å². The van der Waals surface area contributed by atoms with Crippen LogP contribution in [0.15, 0.2) is 18.3 Å². The van der Waals surface area contributed by atoms with Crippen molar-refractivity contribution in [3.8, 4) is 0 Å². The Labute approximate surface area is 98.0 Å². The molecule has 1 aliphatic rings. The minimum Gasteiger partial charge on any atom is -0.350 e. The van der Waals surface area contributed by atoms with Gasteiger partial charge in [-0.2, -0.15) is 0 Å². The normalized spacial score (nSPS) is 20.1. The maximum absolute atomic E-state index is 11.5. The SMILES string of the molecule is CC1C(=O)NC(=O)CN1c1ccnc(NN)c1. The molecule has 0 bridgehead atoms. The predicted molar refractivity (Wildman–Crippen MR) is 62.0 cm³/mol. The number of rotatable bonds is 2. The average molecular weight is 235 g/mol. The topological polar surface area (TPSA) is 100 Å². The molecule has 1 aromatic rings. The first-order chi connectivity index (χ1) is 8.11. The lowest BCUT2D eigenvalue weighted by Crippen LogP contribution is -2.57. The number of nitrogen functional groups attached to an aromatic ring is 1. The van der Waals surface area contributed by atoms with Crippen LogP contribution in [0, 0.1) is 0 Å². The molecule has 17 heavy (non-hydrogen) atoms. The summed E-state index contributed by atoms with van der Waals surface area (Å²) in [6.07, 6.45) is 1.56. The number of carbonyl (C=O) groups excluding carboxylic acids is 2. The van der Waals surface area contributed by atoms with Crippen LogP contribution in [0.5, 0.6) is 0 Å². The lowest BCUT2D eigenvalue weighted by atomic mass is 10.1. The maximum Gasteiger partial charge on any atom is 0.249 e. The molecule has 4 N–H and O–H groups in total. The Morgan fingerprint density at radius 1 is 1.59 bits per heavy atom. The van der Waals surface area contributed by atoms with E-state index in [9.17, 15) is 9.59 Å². The van der Waals surface area contributed by atoms with E-state index in [0.29, 0.717) is 5.82 Å². The molecule has 0 spiro atoms. The first-order valence-corrected chi connectivity index (χ1v) is 5.15. The van der Waals surface area contributed by atoms with Gasteiger partial charge in [-0.15, -0.1) is 0 Å². The molecule has 2 heterocycles. The van der Waals surface area contributed by atoms with Crippen LogP contribution in [0.25, 0.3) is 0 Å². The zero-order valence-electron chi connectivity index (χ0n) is 9.30. The molecule has 0 aliphatic carbocycles. The first kappa shape index (κ1) is 11.3. The van der Waals surface area contributed by atoms with Crippen LogP contribution in [-0.4, -0.2) is 29.4 Å². The van der Waals surface area contributed by atoms with Gasteiger partial charge in [0.1, 0.15) is 11.9 Å². The lowest BCUT2D eigenvalue weighted by Gasteiger charge is -2.33. The molecule has 0 radical (unpaired) electrons. The van der Waals surface area contributed by atoms with Crippen molar-refractivity contribution in [3.05, 3.63) is 18.3 Å². The standard InChI is InChI=1S/C10H13N5O2/c1-6-10(17)13-9(16)5-15(6)7-2-3-12-8(4-7)14-11/h2-4,6H,5,11H2,1H3,(H,12,14)(H,13,16,17). The summed E-state index contributed by atoms with van der Waals surface area (Å²) in [6, 6.07) is 3.01. The number of nitrogens with one attached hydrogen (secondary N) is 2. The molecular weight excluding hydrogens is 222 g/mol. The molecule has 0 saturated carbocycles. The number of hydrazine groups is 1. The van der Waals surface area contributed by atoms with Crippen LogP contribution in [-0.2, 0) is 9.59 Å². The second-order valence-electron chi connectivity index (χ2n) is 3.76. The third-order valence-corrected chi connectivity index (χ3v) is 2.65. The smallest absolute Gasteiger partial charge is 0.249 e. The Morgan fingerprint density at radius 3 is 3.06 bits per heavy atom. The molecule has 90 valence electrons. The second kappa shape index (κ2) is 4.38. The summed E-state index contributed by atoms with van der Waals surface area (Å²) in [4.78, 5) is 28.5. The van der Waals surface area contributed by atoms with Crippen molar-refractivity contribution >= 4 is 23.3 Å². The molecule has 7 nitrogen and oxygen atoms in total. The van der Waals surface area contributed by atoms with Crippen LogP contribution in [0.3, 0.4) is 0 Å². The van der Waals surface area contributed by atoms with Gasteiger partial charge in [-0.25, -0.2) is 10.8 Å². The number of pyridine rings is 1. The third-order valence-electron chi connectivity index (χ3n) is 2.65. The molecular formula is C10H13N5O2. The number of nitrogens with two attached hydrogens (primary N) is 1. The fourth-order valence-electron chi connectivity index (χ4n) is 1.71. The van der Waals surface area contributed by atoms with Crippen LogP contribution >= 0.6 is 0 Å². The number of anilines is 2. The van der Waals surface area contributed by atoms with Crippen molar-refractivity contribution in [3.63, 3.8) is 0 Å². The van der Waals surface area contributed by atoms with E-state index >= 15 is 0 Å². The summed E-state index contributed by atoms with van der Waals surface area (Å²) in [5, 5.41) is 2.28. The largest absolute Gasteiger partial charge is 0.350 e. The van der Waals surface area contributed by atoms with Crippen molar-refractivity contribution in [2.24, 2.45) is 5.84 Å².